The van der Waals surface area contributed by atoms with Gasteiger partial charge in [0.1, 0.15) is 0 Å². The van der Waals surface area contributed by atoms with E-state index in [1.54, 1.807) is 18.2 Å². The van der Waals surface area contributed by atoms with Gasteiger partial charge in [-0.3, -0.25) is 4.90 Å². The zero-order chi connectivity index (χ0) is 15.5. The van der Waals surface area contributed by atoms with E-state index in [0.717, 1.165) is 25.2 Å². The molecular weight excluding hydrogens is 286 g/mol. The number of nitrogens with two attached hydrogens (primary N) is 1. The molecule has 1 aliphatic heterocycles. The first-order valence-corrected chi connectivity index (χ1v) is 9.02. The first-order chi connectivity index (χ1) is 9.92. The third kappa shape index (κ3) is 4.26. The lowest BCUT2D eigenvalue weighted by molar-refractivity contribution is 0.106. The maximum absolute atomic E-state index is 12.4. The van der Waals surface area contributed by atoms with E-state index in [4.69, 9.17) is 5.73 Å². The number of hydrogen-bond acceptors (Lipinski definition) is 5. The number of piperazine rings is 1. The number of nitrogens with zero attached hydrogens (tertiary/aromatic N) is 2. The van der Waals surface area contributed by atoms with Crippen LogP contribution in [0.5, 0.6) is 0 Å². The van der Waals surface area contributed by atoms with Gasteiger partial charge >= 0.3 is 0 Å². The fraction of sp³-hybridized carbons (Fsp3) is 0.600. The molecule has 1 fully saturated rings. The maximum Gasteiger partial charge on any atom is 0.179 e. The van der Waals surface area contributed by atoms with Crippen LogP contribution in [0.4, 0.5) is 0 Å². The van der Waals surface area contributed by atoms with Crippen molar-refractivity contribution in [3.05, 3.63) is 29.8 Å². The molecule has 1 saturated heterocycles. The average Bonchev–Trinajstić information content (AvgIpc) is 2.46. The van der Waals surface area contributed by atoms with Gasteiger partial charge in [0.2, 0.25) is 0 Å². The zero-order valence-corrected chi connectivity index (χ0v) is 13.6. The molecule has 0 spiro atoms. The molecule has 1 atom stereocenters. The van der Waals surface area contributed by atoms with E-state index >= 15 is 0 Å². The molecule has 0 saturated carbocycles. The van der Waals surface area contributed by atoms with Gasteiger partial charge in [0.05, 0.1) is 10.6 Å². The van der Waals surface area contributed by atoms with Crippen LogP contribution in [0.1, 0.15) is 12.5 Å². The highest BCUT2D eigenvalue weighted by atomic mass is 32.2. The van der Waals surface area contributed by atoms with E-state index < -0.39 is 9.84 Å². The number of benzene rings is 1. The molecule has 5 nitrogen and oxygen atoms in total. The minimum Gasteiger partial charge on any atom is -0.326 e. The molecule has 2 N–H and O–H groups in total. The van der Waals surface area contributed by atoms with Crippen molar-refractivity contribution in [3.8, 4) is 0 Å². The molecule has 0 bridgehead atoms. The summed E-state index contributed by atoms with van der Waals surface area (Å²) in [5.41, 5.74) is 6.43. The van der Waals surface area contributed by atoms with Crippen LogP contribution in [-0.4, -0.2) is 63.2 Å². The SMILES string of the molecule is CC1CN(C)CCN1CCS(=O)(=O)c1cccc(CN)c1. The van der Waals surface area contributed by atoms with E-state index in [9.17, 15) is 8.42 Å². The maximum atomic E-state index is 12.4. The van der Waals surface area contributed by atoms with Crippen LogP contribution in [0.15, 0.2) is 29.2 Å². The summed E-state index contributed by atoms with van der Waals surface area (Å²) in [7, 11) is -1.14. The first-order valence-electron chi connectivity index (χ1n) is 7.37. The van der Waals surface area contributed by atoms with Gasteiger partial charge in [0.25, 0.3) is 0 Å². The van der Waals surface area contributed by atoms with Crippen molar-refractivity contribution in [2.24, 2.45) is 5.73 Å². The summed E-state index contributed by atoms with van der Waals surface area (Å²) in [5, 5.41) is 0. The van der Waals surface area contributed by atoms with Crippen LogP contribution in [0, 0.1) is 0 Å². The molecule has 0 radical (unpaired) electrons. The van der Waals surface area contributed by atoms with Gasteiger partial charge in [-0.2, -0.15) is 0 Å². The molecule has 1 aromatic rings. The monoisotopic (exact) mass is 311 g/mol. The highest BCUT2D eigenvalue weighted by Crippen LogP contribution is 2.15. The Balaban J connectivity index is 2.01. The van der Waals surface area contributed by atoms with Crippen LogP contribution in [-0.2, 0) is 16.4 Å². The van der Waals surface area contributed by atoms with Crippen molar-refractivity contribution in [3.63, 3.8) is 0 Å². The number of rotatable bonds is 5. The van der Waals surface area contributed by atoms with E-state index in [1.807, 2.05) is 6.07 Å². The topological polar surface area (TPSA) is 66.6 Å². The third-order valence-corrected chi connectivity index (χ3v) is 5.80. The summed E-state index contributed by atoms with van der Waals surface area (Å²) in [6.07, 6.45) is 0. The molecule has 1 aromatic carbocycles. The fourth-order valence-corrected chi connectivity index (χ4v) is 4.06. The van der Waals surface area contributed by atoms with Crippen LogP contribution < -0.4 is 5.73 Å². The standard InChI is InChI=1S/C15H25N3O2S/c1-13-12-17(2)6-7-18(13)8-9-21(19,20)15-5-3-4-14(10-15)11-16/h3-5,10,13H,6-9,11-12,16H2,1-2H3. The van der Waals surface area contributed by atoms with Crippen LogP contribution in [0.3, 0.4) is 0 Å². The Morgan fingerprint density at radius 2 is 2.10 bits per heavy atom. The predicted molar refractivity (Wildman–Crippen MR) is 84.9 cm³/mol. The van der Waals surface area contributed by atoms with Crippen molar-refractivity contribution in [2.45, 2.75) is 24.4 Å². The summed E-state index contributed by atoms with van der Waals surface area (Å²) < 4.78 is 24.9. The highest BCUT2D eigenvalue weighted by Gasteiger charge is 2.23. The van der Waals surface area contributed by atoms with E-state index in [2.05, 4.69) is 23.8 Å². The molecule has 21 heavy (non-hydrogen) atoms. The van der Waals surface area contributed by atoms with E-state index in [0.29, 0.717) is 24.0 Å². The third-order valence-electron chi connectivity index (χ3n) is 4.11. The molecule has 0 aliphatic carbocycles. The van der Waals surface area contributed by atoms with Crippen LogP contribution in [0.25, 0.3) is 0 Å². The molecule has 1 unspecified atom stereocenters. The van der Waals surface area contributed by atoms with Gasteiger partial charge in [-0.1, -0.05) is 12.1 Å². The molecule has 6 heteroatoms. The van der Waals surface area contributed by atoms with E-state index in [1.165, 1.54) is 0 Å². The first kappa shape index (κ1) is 16.4. The Morgan fingerprint density at radius 3 is 2.76 bits per heavy atom. The van der Waals surface area contributed by atoms with Gasteiger partial charge in [0.15, 0.2) is 9.84 Å². The van der Waals surface area contributed by atoms with E-state index in [-0.39, 0.29) is 5.75 Å². The molecule has 118 valence electrons. The summed E-state index contributed by atoms with van der Waals surface area (Å²) in [5.74, 6) is 0.162. The number of likely N-dealkylation sites (N-methyl/N-ethyl adjacent to an activating group) is 1. The summed E-state index contributed by atoms with van der Waals surface area (Å²) >= 11 is 0. The van der Waals surface area contributed by atoms with Gasteiger partial charge in [0, 0.05) is 38.8 Å². The zero-order valence-electron chi connectivity index (χ0n) is 12.8. The molecule has 0 aromatic heterocycles. The van der Waals surface area contributed by atoms with Gasteiger partial charge in [-0.25, -0.2) is 8.42 Å². The van der Waals surface area contributed by atoms with Crippen molar-refractivity contribution in [1.29, 1.82) is 0 Å². The lowest BCUT2D eigenvalue weighted by Crippen LogP contribution is -2.51. The Kier molecular flexibility index (Phi) is 5.37. The van der Waals surface area contributed by atoms with Crippen molar-refractivity contribution in [2.75, 3.05) is 39.0 Å². The molecule has 2 rings (SSSR count). The van der Waals surface area contributed by atoms with Gasteiger partial charge < -0.3 is 10.6 Å². The molecule has 0 amide bonds. The van der Waals surface area contributed by atoms with Crippen molar-refractivity contribution < 1.29 is 8.42 Å². The number of hydrogen-bond donors (Lipinski definition) is 1. The van der Waals surface area contributed by atoms with Crippen molar-refractivity contribution >= 4 is 9.84 Å². The summed E-state index contributed by atoms with van der Waals surface area (Å²) in [6.45, 7) is 6.01. The minimum atomic E-state index is -3.24. The Bertz CT molecular complexity index is 574. The van der Waals surface area contributed by atoms with Gasteiger partial charge in [-0.05, 0) is 31.7 Å². The lowest BCUT2D eigenvalue weighted by Gasteiger charge is -2.38. The normalized spacial score (nSPS) is 21.6. The van der Waals surface area contributed by atoms with Crippen LogP contribution in [0.2, 0.25) is 0 Å². The molecule has 1 aliphatic rings. The smallest absolute Gasteiger partial charge is 0.179 e. The molecular formula is C15H25N3O2S. The Hall–Kier alpha value is -0.950. The minimum absolute atomic E-state index is 0.162. The predicted octanol–water partition coefficient (Wildman–Crippen LogP) is 0.555. The lowest BCUT2D eigenvalue weighted by atomic mass is 10.2. The second-order valence-corrected chi connectivity index (χ2v) is 7.93. The Labute approximate surface area is 127 Å². The average molecular weight is 311 g/mol. The molecule has 1 heterocycles. The summed E-state index contributed by atoms with van der Waals surface area (Å²) in [4.78, 5) is 4.91. The number of sulfone groups is 1. The largest absolute Gasteiger partial charge is 0.326 e. The van der Waals surface area contributed by atoms with Crippen molar-refractivity contribution in [1.82, 2.24) is 9.80 Å². The van der Waals surface area contributed by atoms with Gasteiger partial charge in [-0.15, -0.1) is 0 Å². The quantitative estimate of drug-likeness (QED) is 0.860. The highest BCUT2D eigenvalue weighted by molar-refractivity contribution is 7.91. The second kappa shape index (κ2) is 6.87. The summed E-state index contributed by atoms with van der Waals surface area (Å²) in [6, 6.07) is 7.34. The fourth-order valence-electron chi connectivity index (χ4n) is 2.73. The van der Waals surface area contributed by atoms with Crippen LogP contribution >= 0.6 is 0 Å². The Morgan fingerprint density at radius 1 is 1.33 bits per heavy atom. The second-order valence-electron chi connectivity index (χ2n) is 5.82.